The minimum Gasteiger partial charge on any atom is -0.363 e. The lowest BCUT2D eigenvalue weighted by Crippen LogP contribution is -2.24. The van der Waals surface area contributed by atoms with Gasteiger partial charge in [0, 0.05) is 31.4 Å². The van der Waals surface area contributed by atoms with Crippen LogP contribution < -0.4 is 10.2 Å². The Morgan fingerprint density at radius 2 is 1.93 bits per heavy atom. The number of benzene rings is 2. The zero-order valence-corrected chi connectivity index (χ0v) is 15.6. The Morgan fingerprint density at radius 3 is 2.71 bits per heavy atom. The predicted octanol–water partition coefficient (Wildman–Crippen LogP) is 3.28. The van der Waals surface area contributed by atoms with E-state index in [2.05, 4.69) is 20.4 Å². The molecule has 0 aliphatic rings. The molecule has 4 rings (SSSR count). The molecule has 0 unspecified atom stereocenters. The van der Waals surface area contributed by atoms with Gasteiger partial charge in [-0.05, 0) is 24.3 Å². The van der Waals surface area contributed by atoms with Crippen molar-refractivity contribution < 1.29 is 9.32 Å². The summed E-state index contributed by atoms with van der Waals surface area (Å²) in [4.78, 5) is 23.1. The smallest absolute Gasteiger partial charge is 0.251 e. The average Bonchev–Trinajstić information content (AvgIpc) is 3.16. The maximum Gasteiger partial charge on any atom is 0.251 e. The second-order valence-electron chi connectivity index (χ2n) is 6.52. The molecule has 2 heterocycles. The van der Waals surface area contributed by atoms with Gasteiger partial charge in [0.25, 0.3) is 5.91 Å². The Kier molecular flexibility index (Phi) is 4.72. The van der Waals surface area contributed by atoms with Crippen LogP contribution in [-0.4, -0.2) is 35.1 Å². The van der Waals surface area contributed by atoms with Crippen LogP contribution in [0.2, 0.25) is 0 Å². The van der Waals surface area contributed by atoms with E-state index < -0.39 is 0 Å². The molecule has 0 saturated heterocycles. The standard InChI is InChI=1S/C21H19N5O2/c1-26(2)19-10-11-22-18(24-19)13-23-21(27)15-8-9-17-16(12-15)20(28-25-17)14-6-4-3-5-7-14/h3-12H,13H2,1-2H3,(H,23,27). The molecule has 4 aromatic rings. The molecule has 140 valence electrons. The summed E-state index contributed by atoms with van der Waals surface area (Å²) in [6.45, 7) is 0.244. The lowest BCUT2D eigenvalue weighted by atomic mass is 10.1. The van der Waals surface area contributed by atoms with E-state index in [0.29, 0.717) is 22.7 Å². The summed E-state index contributed by atoms with van der Waals surface area (Å²) >= 11 is 0. The zero-order chi connectivity index (χ0) is 19.5. The summed E-state index contributed by atoms with van der Waals surface area (Å²) in [5, 5.41) is 7.74. The maximum absolute atomic E-state index is 12.6. The minimum absolute atomic E-state index is 0.207. The molecule has 0 saturated carbocycles. The van der Waals surface area contributed by atoms with Gasteiger partial charge in [-0.1, -0.05) is 35.5 Å². The van der Waals surface area contributed by atoms with Crippen molar-refractivity contribution in [1.82, 2.24) is 20.4 Å². The zero-order valence-electron chi connectivity index (χ0n) is 15.6. The fourth-order valence-corrected chi connectivity index (χ4v) is 2.86. The Hall–Kier alpha value is -3.74. The van der Waals surface area contributed by atoms with Gasteiger partial charge in [0.05, 0.1) is 11.9 Å². The molecule has 28 heavy (non-hydrogen) atoms. The van der Waals surface area contributed by atoms with E-state index in [4.69, 9.17) is 4.52 Å². The molecule has 2 aromatic carbocycles. The highest BCUT2D eigenvalue weighted by Crippen LogP contribution is 2.29. The van der Waals surface area contributed by atoms with E-state index in [1.165, 1.54) is 0 Å². The van der Waals surface area contributed by atoms with E-state index in [0.717, 1.165) is 16.8 Å². The Balaban J connectivity index is 1.55. The van der Waals surface area contributed by atoms with E-state index in [9.17, 15) is 4.79 Å². The van der Waals surface area contributed by atoms with Gasteiger partial charge in [-0.15, -0.1) is 0 Å². The largest absolute Gasteiger partial charge is 0.363 e. The van der Waals surface area contributed by atoms with Crippen LogP contribution in [-0.2, 0) is 6.54 Å². The van der Waals surface area contributed by atoms with Gasteiger partial charge in [-0.3, -0.25) is 4.79 Å². The van der Waals surface area contributed by atoms with Crippen LogP contribution >= 0.6 is 0 Å². The van der Waals surface area contributed by atoms with Crippen molar-refractivity contribution in [3.05, 3.63) is 72.2 Å². The Labute approximate surface area is 162 Å². The molecular weight excluding hydrogens is 354 g/mol. The molecule has 0 atom stereocenters. The van der Waals surface area contributed by atoms with E-state index in [-0.39, 0.29) is 12.5 Å². The van der Waals surface area contributed by atoms with E-state index in [1.807, 2.05) is 55.4 Å². The number of anilines is 1. The van der Waals surface area contributed by atoms with E-state index in [1.54, 1.807) is 24.4 Å². The lowest BCUT2D eigenvalue weighted by molar-refractivity contribution is 0.0950. The van der Waals surface area contributed by atoms with Crippen molar-refractivity contribution in [2.24, 2.45) is 0 Å². The SMILES string of the molecule is CN(C)c1ccnc(CNC(=O)c2ccc3noc(-c4ccccc4)c3c2)n1. The van der Waals surface area contributed by atoms with Crippen molar-refractivity contribution in [1.29, 1.82) is 0 Å². The average molecular weight is 373 g/mol. The first kappa shape index (κ1) is 17.7. The third kappa shape index (κ3) is 3.55. The van der Waals surface area contributed by atoms with Crippen molar-refractivity contribution in [3.63, 3.8) is 0 Å². The third-order valence-corrected chi connectivity index (χ3v) is 4.33. The van der Waals surface area contributed by atoms with Crippen LogP contribution in [0.15, 0.2) is 65.3 Å². The highest BCUT2D eigenvalue weighted by atomic mass is 16.5. The summed E-state index contributed by atoms with van der Waals surface area (Å²) in [5.41, 5.74) is 2.14. The summed E-state index contributed by atoms with van der Waals surface area (Å²) in [6.07, 6.45) is 1.68. The Bertz CT molecular complexity index is 1120. The number of nitrogens with zero attached hydrogens (tertiary/aromatic N) is 4. The second kappa shape index (κ2) is 7.48. The molecule has 2 aromatic heterocycles. The van der Waals surface area contributed by atoms with Crippen LogP contribution in [0, 0.1) is 0 Å². The second-order valence-corrected chi connectivity index (χ2v) is 6.52. The number of rotatable bonds is 5. The van der Waals surface area contributed by atoms with Gasteiger partial charge in [0.15, 0.2) is 5.76 Å². The molecule has 1 amide bonds. The summed E-state index contributed by atoms with van der Waals surface area (Å²) in [6, 6.07) is 16.8. The maximum atomic E-state index is 12.6. The summed E-state index contributed by atoms with van der Waals surface area (Å²) in [7, 11) is 3.81. The number of fused-ring (bicyclic) bond motifs is 1. The van der Waals surface area contributed by atoms with Crippen LogP contribution in [0.25, 0.3) is 22.2 Å². The monoisotopic (exact) mass is 373 g/mol. The minimum atomic E-state index is -0.207. The third-order valence-electron chi connectivity index (χ3n) is 4.33. The molecule has 0 radical (unpaired) electrons. The lowest BCUT2D eigenvalue weighted by Gasteiger charge is -2.12. The van der Waals surface area contributed by atoms with E-state index >= 15 is 0 Å². The molecule has 0 bridgehead atoms. The number of nitrogens with one attached hydrogen (secondary N) is 1. The molecule has 7 nitrogen and oxygen atoms in total. The van der Waals surface area contributed by atoms with Crippen molar-refractivity contribution in [2.75, 3.05) is 19.0 Å². The van der Waals surface area contributed by atoms with Gasteiger partial charge in [0.2, 0.25) is 0 Å². The number of hydrogen-bond donors (Lipinski definition) is 1. The quantitative estimate of drug-likeness (QED) is 0.578. The molecular formula is C21H19N5O2. The molecule has 0 fully saturated rings. The Morgan fingerprint density at radius 1 is 1.11 bits per heavy atom. The highest BCUT2D eigenvalue weighted by Gasteiger charge is 2.14. The normalized spacial score (nSPS) is 10.8. The molecule has 0 aliphatic carbocycles. The van der Waals surface area contributed by atoms with Crippen molar-refractivity contribution in [2.45, 2.75) is 6.54 Å². The molecule has 0 spiro atoms. The number of amides is 1. The molecule has 1 N–H and O–H groups in total. The summed E-state index contributed by atoms with van der Waals surface area (Å²) < 4.78 is 5.49. The molecule has 7 heteroatoms. The van der Waals surface area contributed by atoms with Crippen LogP contribution in [0.4, 0.5) is 5.82 Å². The summed E-state index contributed by atoms with van der Waals surface area (Å²) in [5.74, 6) is 1.78. The topological polar surface area (TPSA) is 84.2 Å². The first-order valence-corrected chi connectivity index (χ1v) is 8.84. The fourth-order valence-electron chi connectivity index (χ4n) is 2.86. The van der Waals surface area contributed by atoms with Gasteiger partial charge in [-0.2, -0.15) is 0 Å². The van der Waals surface area contributed by atoms with Crippen molar-refractivity contribution >= 4 is 22.6 Å². The first-order valence-electron chi connectivity index (χ1n) is 8.84. The van der Waals surface area contributed by atoms with Crippen LogP contribution in [0.1, 0.15) is 16.2 Å². The predicted molar refractivity (Wildman–Crippen MR) is 107 cm³/mol. The van der Waals surface area contributed by atoms with Gasteiger partial charge in [0.1, 0.15) is 17.2 Å². The number of hydrogen-bond acceptors (Lipinski definition) is 6. The number of carbonyl (C=O) groups excluding carboxylic acids is 1. The highest BCUT2D eigenvalue weighted by molar-refractivity contribution is 6.00. The van der Waals surface area contributed by atoms with Gasteiger partial charge >= 0.3 is 0 Å². The van der Waals surface area contributed by atoms with Crippen LogP contribution in [0.3, 0.4) is 0 Å². The number of aromatic nitrogens is 3. The van der Waals surface area contributed by atoms with Crippen LogP contribution in [0.5, 0.6) is 0 Å². The number of carbonyl (C=O) groups is 1. The van der Waals surface area contributed by atoms with Gasteiger partial charge < -0.3 is 14.7 Å². The molecule has 0 aliphatic heterocycles. The van der Waals surface area contributed by atoms with Gasteiger partial charge in [-0.25, -0.2) is 9.97 Å². The van der Waals surface area contributed by atoms with Crippen molar-refractivity contribution in [3.8, 4) is 11.3 Å². The fraction of sp³-hybridized carbons (Fsp3) is 0.143. The first-order chi connectivity index (χ1) is 13.6.